The first-order valence-corrected chi connectivity index (χ1v) is 11.7. The smallest absolute Gasteiger partial charge is 0.124 e. The monoisotopic (exact) mass is 443 g/mol. The third-order valence-electron chi connectivity index (χ3n) is 6.16. The molecular weight excluding hydrogens is 413 g/mol. The van der Waals surface area contributed by atoms with Gasteiger partial charge in [-0.1, -0.05) is 37.1 Å². The van der Waals surface area contributed by atoms with Gasteiger partial charge in [0.1, 0.15) is 18.2 Å². The number of ether oxygens (including phenoxy) is 1. The van der Waals surface area contributed by atoms with Crippen LogP contribution in [0.15, 0.2) is 42.5 Å². The van der Waals surface area contributed by atoms with Crippen molar-refractivity contribution < 1.29 is 9.13 Å². The van der Waals surface area contributed by atoms with Gasteiger partial charge in [-0.05, 0) is 74.2 Å². The molecular formula is C25H31ClFN3O. The van der Waals surface area contributed by atoms with Crippen LogP contribution in [0.3, 0.4) is 0 Å². The molecule has 3 aromatic rings. The van der Waals surface area contributed by atoms with Crippen LogP contribution in [-0.4, -0.2) is 40.8 Å². The van der Waals surface area contributed by atoms with Crippen LogP contribution in [0.4, 0.5) is 4.39 Å². The number of aryl methyl sites for hydroxylation is 1. The predicted molar refractivity (Wildman–Crippen MR) is 125 cm³/mol. The van der Waals surface area contributed by atoms with Crippen LogP contribution < -0.4 is 4.74 Å². The Morgan fingerprint density at radius 1 is 1.16 bits per heavy atom. The fourth-order valence-electron chi connectivity index (χ4n) is 4.48. The number of imidazole rings is 1. The number of hydrogen-bond donors (Lipinski definition) is 0. The van der Waals surface area contributed by atoms with Crippen LogP contribution in [0.5, 0.6) is 5.75 Å². The Balaban J connectivity index is 1.43. The minimum atomic E-state index is -0.384. The Bertz CT molecular complexity index is 998. The second kappa shape index (κ2) is 10.5. The van der Waals surface area contributed by atoms with Gasteiger partial charge in [0.2, 0.25) is 0 Å². The summed E-state index contributed by atoms with van der Waals surface area (Å²) < 4.78 is 21.3. The number of alkyl halides is 1. The molecule has 0 spiro atoms. The van der Waals surface area contributed by atoms with E-state index >= 15 is 0 Å². The predicted octanol–water partition coefficient (Wildman–Crippen LogP) is 6.22. The van der Waals surface area contributed by atoms with Crippen LogP contribution in [0.25, 0.3) is 11.0 Å². The maximum Gasteiger partial charge on any atom is 0.124 e. The molecule has 0 aliphatic carbocycles. The van der Waals surface area contributed by atoms with Gasteiger partial charge < -0.3 is 9.30 Å². The molecule has 2 aromatic carbocycles. The molecule has 1 aliphatic heterocycles. The summed E-state index contributed by atoms with van der Waals surface area (Å²) in [6.07, 6.45) is 4.27. The number of aromatic nitrogens is 2. The molecule has 0 amide bonds. The molecule has 31 heavy (non-hydrogen) atoms. The number of likely N-dealkylation sites (tertiary alicyclic amines) is 1. The maximum absolute atomic E-state index is 13.2. The number of para-hydroxylation sites is 2. The highest BCUT2D eigenvalue weighted by Gasteiger charge is 2.25. The Morgan fingerprint density at radius 3 is 2.74 bits per heavy atom. The normalized spacial score (nSPS) is 15.6. The SMILES string of the molecule is CCCCOc1ccc(Cl)cc1C1CCN(Cc2nc3ccccc3n2CCF)CC1. The molecule has 166 valence electrons. The van der Waals surface area contributed by atoms with E-state index in [2.05, 4.69) is 17.9 Å². The van der Waals surface area contributed by atoms with Gasteiger partial charge in [0.05, 0.1) is 30.7 Å². The zero-order valence-corrected chi connectivity index (χ0v) is 19.0. The Kier molecular flexibility index (Phi) is 7.46. The number of benzene rings is 2. The van der Waals surface area contributed by atoms with Crippen LogP contribution in [0.1, 0.15) is 49.9 Å². The lowest BCUT2D eigenvalue weighted by Gasteiger charge is -2.32. The highest BCUT2D eigenvalue weighted by atomic mass is 35.5. The first-order valence-electron chi connectivity index (χ1n) is 11.3. The fourth-order valence-corrected chi connectivity index (χ4v) is 4.66. The maximum atomic E-state index is 13.2. The molecule has 0 N–H and O–H groups in total. The molecule has 4 nitrogen and oxygen atoms in total. The van der Waals surface area contributed by atoms with Crippen LogP contribution in [0.2, 0.25) is 5.02 Å². The second-order valence-electron chi connectivity index (χ2n) is 8.29. The van der Waals surface area contributed by atoms with Gasteiger partial charge in [0.15, 0.2) is 0 Å². The molecule has 4 rings (SSSR count). The van der Waals surface area contributed by atoms with Crippen molar-refractivity contribution in [2.45, 2.75) is 51.6 Å². The number of rotatable bonds is 9. The molecule has 1 saturated heterocycles. The average Bonchev–Trinajstić information content (AvgIpc) is 3.13. The molecule has 6 heteroatoms. The van der Waals surface area contributed by atoms with Gasteiger partial charge in [-0.3, -0.25) is 4.90 Å². The Hall–Kier alpha value is -2.11. The van der Waals surface area contributed by atoms with Gasteiger partial charge in [-0.25, -0.2) is 9.37 Å². The van der Waals surface area contributed by atoms with Crippen molar-refractivity contribution in [3.8, 4) is 5.75 Å². The van der Waals surface area contributed by atoms with E-state index in [9.17, 15) is 4.39 Å². The van der Waals surface area contributed by atoms with Crippen molar-refractivity contribution in [1.82, 2.24) is 14.5 Å². The average molecular weight is 444 g/mol. The summed E-state index contributed by atoms with van der Waals surface area (Å²) in [7, 11) is 0. The second-order valence-corrected chi connectivity index (χ2v) is 8.73. The third-order valence-corrected chi connectivity index (χ3v) is 6.40. The quantitative estimate of drug-likeness (QED) is 0.368. The molecule has 2 heterocycles. The van der Waals surface area contributed by atoms with Crippen LogP contribution in [-0.2, 0) is 13.1 Å². The van der Waals surface area contributed by atoms with Crippen molar-refractivity contribution in [1.29, 1.82) is 0 Å². The molecule has 1 aromatic heterocycles. The number of unbranched alkanes of at least 4 members (excludes halogenated alkanes) is 1. The summed E-state index contributed by atoms with van der Waals surface area (Å²) in [5.41, 5.74) is 3.18. The van der Waals surface area contributed by atoms with Crippen LogP contribution in [0, 0.1) is 0 Å². The summed E-state index contributed by atoms with van der Waals surface area (Å²) >= 11 is 6.31. The summed E-state index contributed by atoms with van der Waals surface area (Å²) in [6.45, 7) is 5.59. The Labute approximate surface area is 189 Å². The molecule has 0 atom stereocenters. The fraction of sp³-hybridized carbons (Fsp3) is 0.480. The minimum absolute atomic E-state index is 0.354. The van der Waals surface area contributed by atoms with E-state index in [-0.39, 0.29) is 6.67 Å². The zero-order chi connectivity index (χ0) is 21.6. The third kappa shape index (κ3) is 5.21. The van der Waals surface area contributed by atoms with Crippen molar-refractivity contribution in [3.05, 3.63) is 58.9 Å². The van der Waals surface area contributed by atoms with E-state index in [0.29, 0.717) is 12.5 Å². The molecule has 1 fully saturated rings. The van der Waals surface area contributed by atoms with Gasteiger partial charge in [0.25, 0.3) is 0 Å². The lowest BCUT2D eigenvalue weighted by molar-refractivity contribution is 0.195. The van der Waals surface area contributed by atoms with E-state index in [1.807, 2.05) is 41.0 Å². The number of piperidine rings is 1. The highest BCUT2D eigenvalue weighted by Crippen LogP contribution is 2.36. The number of nitrogens with zero attached hydrogens (tertiary/aromatic N) is 3. The van der Waals surface area contributed by atoms with Crippen molar-refractivity contribution in [3.63, 3.8) is 0 Å². The zero-order valence-electron chi connectivity index (χ0n) is 18.2. The largest absolute Gasteiger partial charge is 0.493 e. The number of halogens is 2. The molecule has 0 saturated carbocycles. The van der Waals surface area contributed by atoms with Gasteiger partial charge in [-0.15, -0.1) is 0 Å². The first kappa shape index (κ1) is 22.1. The van der Waals surface area contributed by atoms with E-state index in [4.69, 9.17) is 21.3 Å². The first-order chi connectivity index (χ1) is 15.2. The number of fused-ring (bicyclic) bond motifs is 1. The summed E-state index contributed by atoms with van der Waals surface area (Å²) in [5.74, 6) is 2.36. The molecule has 0 unspecified atom stereocenters. The van der Waals surface area contributed by atoms with E-state index in [0.717, 1.165) is 79.6 Å². The van der Waals surface area contributed by atoms with Gasteiger partial charge in [0, 0.05) is 5.02 Å². The van der Waals surface area contributed by atoms with Crippen LogP contribution >= 0.6 is 11.6 Å². The summed E-state index contributed by atoms with van der Waals surface area (Å²) in [5, 5.41) is 0.764. The highest BCUT2D eigenvalue weighted by molar-refractivity contribution is 6.30. The lowest BCUT2D eigenvalue weighted by atomic mass is 9.88. The van der Waals surface area contributed by atoms with E-state index in [1.165, 1.54) is 5.56 Å². The topological polar surface area (TPSA) is 30.3 Å². The van der Waals surface area contributed by atoms with Gasteiger partial charge in [-0.2, -0.15) is 0 Å². The van der Waals surface area contributed by atoms with Crippen molar-refractivity contribution in [2.75, 3.05) is 26.4 Å². The molecule has 0 bridgehead atoms. The van der Waals surface area contributed by atoms with Crippen molar-refractivity contribution >= 4 is 22.6 Å². The van der Waals surface area contributed by atoms with E-state index in [1.54, 1.807) is 0 Å². The number of hydrogen-bond acceptors (Lipinski definition) is 3. The lowest BCUT2D eigenvalue weighted by Crippen LogP contribution is -2.33. The summed E-state index contributed by atoms with van der Waals surface area (Å²) in [4.78, 5) is 7.21. The molecule has 0 radical (unpaired) electrons. The van der Waals surface area contributed by atoms with Crippen molar-refractivity contribution in [2.24, 2.45) is 0 Å². The summed E-state index contributed by atoms with van der Waals surface area (Å²) in [6, 6.07) is 14.0. The molecule has 1 aliphatic rings. The standard InChI is InChI=1S/C25H31ClFN3O/c1-2-3-16-31-24-9-8-20(26)17-21(24)19-10-13-29(14-11-19)18-25-28-22-6-4-5-7-23(22)30(25)15-12-27/h4-9,17,19H,2-3,10-16,18H2,1H3. The minimum Gasteiger partial charge on any atom is -0.493 e. The van der Waals surface area contributed by atoms with Gasteiger partial charge >= 0.3 is 0 Å². The van der Waals surface area contributed by atoms with E-state index < -0.39 is 0 Å². The Morgan fingerprint density at radius 2 is 1.97 bits per heavy atom.